The number of allylic oxidation sites excluding steroid dienone is 2. The van der Waals surface area contributed by atoms with Crippen molar-refractivity contribution < 1.29 is 9.53 Å². The van der Waals surface area contributed by atoms with E-state index in [0.29, 0.717) is 12.2 Å². The molecule has 0 amide bonds. The average Bonchev–Trinajstić information content (AvgIpc) is 1.68. The summed E-state index contributed by atoms with van der Waals surface area (Å²) in [5.41, 5.74) is 0. The van der Waals surface area contributed by atoms with Gasteiger partial charge in [0.25, 0.3) is 6.47 Å². The van der Waals surface area contributed by atoms with Gasteiger partial charge in [0.05, 0.1) is 5.76 Å². The highest BCUT2D eigenvalue weighted by Crippen LogP contribution is 1.88. The number of rotatable bonds is 2. The third kappa shape index (κ3) is 3.03. The maximum Gasteiger partial charge on any atom is 0.298 e. The van der Waals surface area contributed by atoms with Crippen LogP contribution >= 0.6 is 0 Å². The molecular formula is C5H8O2. The van der Waals surface area contributed by atoms with Crippen LogP contribution in [0, 0.1) is 0 Å². The molecule has 0 N–H and O–H groups in total. The predicted octanol–water partition coefficient (Wildman–Crippen LogP) is 1.08. The molecule has 0 aliphatic heterocycles. The Labute approximate surface area is 42.8 Å². The zero-order chi connectivity index (χ0) is 5.70. The van der Waals surface area contributed by atoms with E-state index in [0.717, 1.165) is 0 Å². The molecule has 0 aliphatic rings. The summed E-state index contributed by atoms with van der Waals surface area (Å²) in [6.07, 6.45) is 1.72. The molecule has 0 atom stereocenters. The Kier molecular flexibility index (Phi) is 3.02. The first-order chi connectivity index (χ1) is 3.31. The van der Waals surface area contributed by atoms with Crippen LogP contribution in [0.3, 0.4) is 0 Å². The summed E-state index contributed by atoms with van der Waals surface area (Å²) in [5.74, 6) is 0.634. The van der Waals surface area contributed by atoms with E-state index in [1.54, 1.807) is 19.9 Å². The van der Waals surface area contributed by atoms with Gasteiger partial charge in [0, 0.05) is 0 Å². The average molecular weight is 100 g/mol. The summed E-state index contributed by atoms with van der Waals surface area (Å²) >= 11 is 0. The summed E-state index contributed by atoms with van der Waals surface area (Å²) < 4.78 is 4.37. The summed E-state index contributed by atoms with van der Waals surface area (Å²) in [7, 11) is 0. The Morgan fingerprint density at radius 3 is 2.43 bits per heavy atom. The van der Waals surface area contributed by atoms with E-state index >= 15 is 0 Å². The number of carbonyl (C=O) groups is 1. The standard InChI is InChI=1S/C5H8O2/c1-3-5(2)7-4-6/h3-4H,1-2H3/b5-3+. The lowest BCUT2D eigenvalue weighted by atomic mass is 10.5. The van der Waals surface area contributed by atoms with Crippen LogP contribution in [-0.4, -0.2) is 6.47 Å². The third-order valence-electron chi connectivity index (χ3n) is 0.641. The zero-order valence-corrected chi connectivity index (χ0v) is 4.47. The molecule has 0 bridgehead atoms. The molecule has 0 heterocycles. The molecule has 0 rings (SSSR count). The van der Waals surface area contributed by atoms with Gasteiger partial charge in [0.1, 0.15) is 0 Å². The Hall–Kier alpha value is -0.790. The smallest absolute Gasteiger partial charge is 0.298 e. The fourth-order valence-electron chi connectivity index (χ4n) is 0.144. The minimum atomic E-state index is 0.412. The lowest BCUT2D eigenvalue weighted by molar-refractivity contribution is -0.125. The lowest BCUT2D eigenvalue weighted by Crippen LogP contribution is -1.80. The summed E-state index contributed by atoms with van der Waals surface area (Å²) in [6.45, 7) is 3.93. The molecule has 2 nitrogen and oxygen atoms in total. The molecule has 2 heteroatoms. The van der Waals surface area contributed by atoms with E-state index < -0.39 is 0 Å². The summed E-state index contributed by atoms with van der Waals surface area (Å²) in [6, 6.07) is 0. The monoisotopic (exact) mass is 100 g/mol. The van der Waals surface area contributed by atoms with Crippen molar-refractivity contribution >= 4 is 6.47 Å². The van der Waals surface area contributed by atoms with Gasteiger partial charge >= 0.3 is 0 Å². The van der Waals surface area contributed by atoms with Gasteiger partial charge in [-0.2, -0.15) is 0 Å². The molecule has 0 unspecified atom stereocenters. The quantitative estimate of drug-likeness (QED) is 0.383. The Morgan fingerprint density at radius 2 is 2.29 bits per heavy atom. The number of hydrogen-bond donors (Lipinski definition) is 0. The van der Waals surface area contributed by atoms with Crippen LogP contribution in [0.25, 0.3) is 0 Å². The van der Waals surface area contributed by atoms with Crippen LogP contribution in [-0.2, 0) is 9.53 Å². The van der Waals surface area contributed by atoms with Crippen molar-refractivity contribution in [1.82, 2.24) is 0 Å². The minimum Gasteiger partial charge on any atom is -0.434 e. The Bertz CT molecular complexity index is 84.1. The first-order valence-electron chi connectivity index (χ1n) is 2.04. The van der Waals surface area contributed by atoms with Gasteiger partial charge in [-0.3, -0.25) is 4.79 Å². The summed E-state index contributed by atoms with van der Waals surface area (Å²) in [5, 5.41) is 0. The zero-order valence-electron chi connectivity index (χ0n) is 4.47. The van der Waals surface area contributed by atoms with Gasteiger partial charge in [0.15, 0.2) is 0 Å². The van der Waals surface area contributed by atoms with Crippen LogP contribution in [0.1, 0.15) is 13.8 Å². The van der Waals surface area contributed by atoms with Crippen molar-refractivity contribution in [3.05, 3.63) is 11.8 Å². The molecule has 0 aromatic heterocycles. The molecule has 0 aromatic carbocycles. The second-order valence-corrected chi connectivity index (χ2v) is 1.11. The van der Waals surface area contributed by atoms with Crippen molar-refractivity contribution in [1.29, 1.82) is 0 Å². The minimum absolute atomic E-state index is 0.412. The fraction of sp³-hybridized carbons (Fsp3) is 0.400. The van der Waals surface area contributed by atoms with Gasteiger partial charge in [-0.25, -0.2) is 0 Å². The lowest BCUT2D eigenvalue weighted by Gasteiger charge is -1.89. The van der Waals surface area contributed by atoms with E-state index in [1.165, 1.54) is 0 Å². The first kappa shape index (κ1) is 6.21. The topological polar surface area (TPSA) is 26.3 Å². The molecule has 0 spiro atoms. The van der Waals surface area contributed by atoms with Crippen LogP contribution < -0.4 is 0 Å². The van der Waals surface area contributed by atoms with Gasteiger partial charge < -0.3 is 4.74 Å². The largest absolute Gasteiger partial charge is 0.434 e. The Balaban J connectivity index is 3.36. The summed E-state index contributed by atoms with van der Waals surface area (Å²) in [4.78, 5) is 9.51. The second kappa shape index (κ2) is 3.40. The molecule has 0 fully saturated rings. The molecule has 0 aromatic rings. The van der Waals surface area contributed by atoms with Crippen molar-refractivity contribution in [2.45, 2.75) is 13.8 Å². The van der Waals surface area contributed by atoms with Crippen molar-refractivity contribution in [2.24, 2.45) is 0 Å². The maximum atomic E-state index is 9.51. The van der Waals surface area contributed by atoms with E-state index in [-0.39, 0.29) is 0 Å². The number of ether oxygens (including phenoxy) is 1. The molecular weight excluding hydrogens is 92.1 g/mol. The maximum absolute atomic E-state index is 9.51. The van der Waals surface area contributed by atoms with Gasteiger partial charge in [-0.05, 0) is 19.9 Å². The van der Waals surface area contributed by atoms with Gasteiger partial charge in [0.2, 0.25) is 0 Å². The normalized spacial score (nSPS) is 10.9. The predicted molar refractivity (Wildman–Crippen MR) is 26.6 cm³/mol. The van der Waals surface area contributed by atoms with E-state index in [2.05, 4.69) is 4.74 Å². The van der Waals surface area contributed by atoms with Gasteiger partial charge in [-0.15, -0.1) is 0 Å². The number of carbonyl (C=O) groups excluding carboxylic acids is 1. The Morgan fingerprint density at radius 1 is 1.71 bits per heavy atom. The fourth-order valence-corrected chi connectivity index (χ4v) is 0.144. The number of hydrogen-bond acceptors (Lipinski definition) is 2. The van der Waals surface area contributed by atoms with Crippen molar-refractivity contribution in [3.63, 3.8) is 0 Å². The van der Waals surface area contributed by atoms with E-state index in [9.17, 15) is 4.79 Å². The molecule has 0 saturated heterocycles. The van der Waals surface area contributed by atoms with Crippen LogP contribution in [0.5, 0.6) is 0 Å². The molecule has 7 heavy (non-hydrogen) atoms. The highest BCUT2D eigenvalue weighted by molar-refractivity contribution is 5.39. The highest BCUT2D eigenvalue weighted by atomic mass is 16.5. The second-order valence-electron chi connectivity index (χ2n) is 1.11. The third-order valence-corrected chi connectivity index (χ3v) is 0.641. The van der Waals surface area contributed by atoms with E-state index in [1.807, 2.05) is 0 Å². The van der Waals surface area contributed by atoms with Crippen LogP contribution in [0.15, 0.2) is 11.8 Å². The molecule has 0 saturated carbocycles. The van der Waals surface area contributed by atoms with Crippen molar-refractivity contribution in [3.8, 4) is 0 Å². The molecule has 0 aliphatic carbocycles. The first-order valence-corrected chi connectivity index (χ1v) is 2.04. The molecule has 40 valence electrons. The van der Waals surface area contributed by atoms with Crippen molar-refractivity contribution in [2.75, 3.05) is 0 Å². The SMILES string of the molecule is C/C=C(\C)OC=O. The molecule has 0 radical (unpaired) electrons. The van der Waals surface area contributed by atoms with Crippen LogP contribution in [0.2, 0.25) is 0 Å². The highest BCUT2D eigenvalue weighted by Gasteiger charge is 1.78. The van der Waals surface area contributed by atoms with Gasteiger partial charge in [-0.1, -0.05) is 0 Å². The van der Waals surface area contributed by atoms with Crippen LogP contribution in [0.4, 0.5) is 0 Å². The van der Waals surface area contributed by atoms with E-state index in [4.69, 9.17) is 0 Å².